The Kier molecular flexibility index (Phi) is 6.18. The molecule has 1 aromatic carbocycles. The standard InChI is InChI=1S/C18H21F3N2S/c1-4-14-16(5-2)24-17-9-8-13(18(19,20)21)12-15(17)23(14)11-7-10-22-6-3/h4-5,8-9,12,22H,1-2,6-7,10-11H2,3H3. The Hall–Kier alpha value is -1.66. The number of fused-ring (bicyclic) bond motifs is 1. The van der Waals surface area contributed by atoms with Crippen molar-refractivity contribution in [2.24, 2.45) is 0 Å². The Morgan fingerprint density at radius 1 is 1.25 bits per heavy atom. The lowest BCUT2D eigenvalue weighted by Gasteiger charge is -2.33. The van der Waals surface area contributed by atoms with E-state index in [2.05, 4.69) is 18.5 Å². The van der Waals surface area contributed by atoms with Crippen molar-refractivity contribution in [3.8, 4) is 0 Å². The number of allylic oxidation sites excluding steroid dienone is 2. The lowest BCUT2D eigenvalue weighted by atomic mass is 10.1. The molecule has 0 atom stereocenters. The number of anilines is 1. The number of rotatable bonds is 7. The molecule has 1 aliphatic heterocycles. The van der Waals surface area contributed by atoms with Gasteiger partial charge in [-0.3, -0.25) is 0 Å². The summed E-state index contributed by atoms with van der Waals surface area (Å²) in [5.74, 6) is 0. The summed E-state index contributed by atoms with van der Waals surface area (Å²) in [6, 6.07) is 3.88. The van der Waals surface area contributed by atoms with E-state index in [1.807, 2.05) is 11.8 Å². The summed E-state index contributed by atoms with van der Waals surface area (Å²) in [5.41, 5.74) is 0.745. The zero-order chi connectivity index (χ0) is 17.7. The Labute approximate surface area is 145 Å². The summed E-state index contributed by atoms with van der Waals surface area (Å²) in [6.45, 7) is 11.9. The molecule has 1 aliphatic rings. The normalized spacial score (nSPS) is 14.6. The molecule has 0 amide bonds. The van der Waals surface area contributed by atoms with Gasteiger partial charge < -0.3 is 10.2 Å². The van der Waals surface area contributed by atoms with Gasteiger partial charge in [0, 0.05) is 16.3 Å². The van der Waals surface area contributed by atoms with Crippen molar-refractivity contribution < 1.29 is 13.2 Å². The molecule has 24 heavy (non-hydrogen) atoms. The van der Waals surface area contributed by atoms with Gasteiger partial charge in [-0.05, 0) is 43.8 Å². The van der Waals surface area contributed by atoms with E-state index in [0.29, 0.717) is 12.2 Å². The van der Waals surface area contributed by atoms with Crippen LogP contribution in [0.3, 0.4) is 0 Å². The molecule has 0 fully saturated rings. The number of thioether (sulfide) groups is 1. The molecule has 2 rings (SSSR count). The van der Waals surface area contributed by atoms with Gasteiger partial charge in [0.2, 0.25) is 0 Å². The molecular formula is C18H21F3N2S. The van der Waals surface area contributed by atoms with E-state index in [9.17, 15) is 13.2 Å². The van der Waals surface area contributed by atoms with E-state index >= 15 is 0 Å². The highest BCUT2D eigenvalue weighted by Crippen LogP contribution is 2.46. The van der Waals surface area contributed by atoms with Gasteiger partial charge in [-0.25, -0.2) is 0 Å². The van der Waals surface area contributed by atoms with Crippen LogP contribution in [0.4, 0.5) is 18.9 Å². The Morgan fingerprint density at radius 3 is 2.58 bits per heavy atom. The topological polar surface area (TPSA) is 15.3 Å². The molecule has 2 nitrogen and oxygen atoms in total. The largest absolute Gasteiger partial charge is 0.416 e. The first kappa shape index (κ1) is 18.7. The fourth-order valence-electron chi connectivity index (χ4n) is 2.56. The number of alkyl halides is 3. The van der Waals surface area contributed by atoms with E-state index in [0.717, 1.165) is 41.1 Å². The van der Waals surface area contributed by atoms with Crippen LogP contribution in [0.5, 0.6) is 0 Å². The monoisotopic (exact) mass is 354 g/mol. The van der Waals surface area contributed by atoms with Crippen molar-refractivity contribution in [1.82, 2.24) is 5.32 Å². The third-order valence-electron chi connectivity index (χ3n) is 3.70. The van der Waals surface area contributed by atoms with Gasteiger partial charge in [-0.2, -0.15) is 13.2 Å². The third kappa shape index (κ3) is 4.05. The first-order valence-electron chi connectivity index (χ1n) is 7.78. The molecule has 0 spiro atoms. The van der Waals surface area contributed by atoms with Gasteiger partial charge in [0.25, 0.3) is 0 Å². The molecule has 0 unspecified atom stereocenters. The second-order valence-electron chi connectivity index (χ2n) is 5.30. The van der Waals surface area contributed by atoms with E-state index < -0.39 is 11.7 Å². The van der Waals surface area contributed by atoms with Crippen LogP contribution in [0.25, 0.3) is 0 Å². The molecule has 0 radical (unpaired) electrons. The molecular weight excluding hydrogens is 333 g/mol. The van der Waals surface area contributed by atoms with Crippen LogP contribution in [0.15, 0.2) is 59.0 Å². The predicted molar refractivity (Wildman–Crippen MR) is 95.2 cm³/mol. The number of hydrogen-bond acceptors (Lipinski definition) is 3. The number of hydrogen-bond donors (Lipinski definition) is 1. The van der Waals surface area contributed by atoms with Crippen molar-refractivity contribution in [3.63, 3.8) is 0 Å². The summed E-state index contributed by atoms with van der Waals surface area (Å²) in [5, 5.41) is 3.23. The Balaban J connectivity index is 2.41. The first-order valence-corrected chi connectivity index (χ1v) is 8.60. The van der Waals surface area contributed by atoms with E-state index in [-0.39, 0.29) is 0 Å². The van der Waals surface area contributed by atoms with Crippen molar-refractivity contribution >= 4 is 17.4 Å². The summed E-state index contributed by atoms with van der Waals surface area (Å²) in [7, 11) is 0. The van der Waals surface area contributed by atoms with Gasteiger partial charge in [-0.15, -0.1) is 0 Å². The zero-order valence-corrected chi connectivity index (χ0v) is 14.4. The average molecular weight is 354 g/mol. The highest BCUT2D eigenvalue weighted by molar-refractivity contribution is 8.03. The van der Waals surface area contributed by atoms with Crippen LogP contribution in [0.1, 0.15) is 18.9 Å². The van der Waals surface area contributed by atoms with Crippen LogP contribution in [-0.2, 0) is 6.18 Å². The maximum Gasteiger partial charge on any atom is 0.416 e. The minimum Gasteiger partial charge on any atom is -0.340 e. The predicted octanol–water partition coefficient (Wildman–Crippen LogP) is 5.20. The van der Waals surface area contributed by atoms with Crippen LogP contribution in [0.2, 0.25) is 0 Å². The zero-order valence-electron chi connectivity index (χ0n) is 13.6. The van der Waals surface area contributed by atoms with E-state index in [4.69, 9.17) is 0 Å². The fraction of sp³-hybridized carbons (Fsp3) is 0.333. The molecule has 0 saturated carbocycles. The summed E-state index contributed by atoms with van der Waals surface area (Å²) in [6.07, 6.45) is -0.137. The maximum atomic E-state index is 13.1. The Bertz CT molecular complexity index is 650. The summed E-state index contributed by atoms with van der Waals surface area (Å²) >= 11 is 1.42. The summed E-state index contributed by atoms with van der Waals surface area (Å²) in [4.78, 5) is 3.61. The van der Waals surface area contributed by atoms with Crippen molar-refractivity contribution in [2.45, 2.75) is 24.4 Å². The highest BCUT2D eigenvalue weighted by Gasteiger charge is 2.33. The lowest BCUT2D eigenvalue weighted by molar-refractivity contribution is -0.137. The number of nitrogens with zero attached hydrogens (tertiary/aromatic N) is 1. The lowest BCUT2D eigenvalue weighted by Crippen LogP contribution is -2.29. The maximum absolute atomic E-state index is 13.1. The molecule has 1 N–H and O–H groups in total. The van der Waals surface area contributed by atoms with Crippen LogP contribution < -0.4 is 10.2 Å². The van der Waals surface area contributed by atoms with Gasteiger partial charge in [-0.1, -0.05) is 37.9 Å². The smallest absolute Gasteiger partial charge is 0.340 e. The number of halogens is 3. The summed E-state index contributed by atoms with van der Waals surface area (Å²) < 4.78 is 39.2. The van der Waals surface area contributed by atoms with Crippen LogP contribution >= 0.6 is 11.8 Å². The van der Waals surface area contributed by atoms with E-state index in [1.165, 1.54) is 23.9 Å². The van der Waals surface area contributed by atoms with E-state index in [1.54, 1.807) is 12.2 Å². The molecule has 0 bridgehead atoms. The minimum atomic E-state index is -4.36. The average Bonchev–Trinajstić information content (AvgIpc) is 2.56. The van der Waals surface area contributed by atoms with Crippen molar-refractivity contribution in [3.05, 3.63) is 59.7 Å². The molecule has 0 aliphatic carbocycles. The van der Waals surface area contributed by atoms with Gasteiger partial charge in [0.1, 0.15) is 0 Å². The Morgan fingerprint density at radius 2 is 2.00 bits per heavy atom. The van der Waals surface area contributed by atoms with Crippen LogP contribution in [0, 0.1) is 0 Å². The first-order chi connectivity index (χ1) is 11.4. The quantitative estimate of drug-likeness (QED) is 0.678. The van der Waals surface area contributed by atoms with Crippen molar-refractivity contribution in [2.75, 3.05) is 24.5 Å². The minimum absolute atomic E-state index is 0.576. The van der Waals surface area contributed by atoms with Crippen LogP contribution in [-0.4, -0.2) is 19.6 Å². The van der Waals surface area contributed by atoms with Gasteiger partial charge >= 0.3 is 6.18 Å². The second kappa shape index (κ2) is 7.94. The third-order valence-corrected chi connectivity index (χ3v) is 4.87. The molecule has 130 valence electrons. The molecule has 0 saturated heterocycles. The molecule has 6 heteroatoms. The van der Waals surface area contributed by atoms with Gasteiger partial charge in [0.05, 0.1) is 16.9 Å². The highest BCUT2D eigenvalue weighted by atomic mass is 32.2. The molecule has 1 aromatic rings. The second-order valence-corrected chi connectivity index (χ2v) is 6.38. The SMILES string of the molecule is C=CC1=C(C=C)N(CCCNCC)c2cc(C(F)(F)F)ccc2S1. The van der Waals surface area contributed by atoms with Gasteiger partial charge in [0.15, 0.2) is 0 Å². The fourth-order valence-corrected chi connectivity index (χ4v) is 3.59. The number of nitrogens with one attached hydrogen (secondary N) is 1. The van der Waals surface area contributed by atoms with Crippen molar-refractivity contribution in [1.29, 1.82) is 0 Å². The number of benzene rings is 1. The molecule has 1 heterocycles. The molecule has 0 aromatic heterocycles.